The van der Waals surface area contributed by atoms with Crippen molar-refractivity contribution in [2.45, 2.75) is 324 Å². The maximum Gasteiger partial charge on any atom is 0.220 e. The molecule has 0 radical (unpaired) electrons. The Morgan fingerprint density at radius 3 is 1.07 bits per heavy atom. The first-order valence-electron chi connectivity index (χ1n) is 38.2. The molecular weight excluding hydrogens is 1290 g/mol. The molecule has 3 aliphatic rings. The Morgan fingerprint density at radius 2 is 0.683 bits per heavy atom. The lowest BCUT2D eigenvalue weighted by Gasteiger charge is -2.48. The summed E-state index contributed by atoms with van der Waals surface area (Å²) in [5.74, 6) is -0.324. The number of aliphatic hydroxyl groups is 11. The Balaban J connectivity index is 1.39. The monoisotopic (exact) mass is 1420 g/mol. The van der Waals surface area contributed by atoms with Crippen LogP contribution in [0.25, 0.3) is 0 Å². The molecule has 0 aromatic heterocycles. The van der Waals surface area contributed by atoms with Crippen LogP contribution in [-0.4, -0.2) is 193 Å². The summed E-state index contributed by atoms with van der Waals surface area (Å²) in [7, 11) is 0. The zero-order valence-electron chi connectivity index (χ0n) is 61.1. The van der Waals surface area contributed by atoms with Gasteiger partial charge in [0.1, 0.15) is 73.2 Å². The molecule has 0 saturated carbocycles. The highest BCUT2D eigenvalue weighted by Crippen LogP contribution is 2.33. The van der Waals surface area contributed by atoms with E-state index >= 15 is 0 Å². The van der Waals surface area contributed by atoms with E-state index in [9.17, 15) is 61.0 Å². The van der Waals surface area contributed by atoms with Gasteiger partial charge in [-0.1, -0.05) is 262 Å². The number of ether oxygens (including phenoxy) is 6. The molecular formula is C82H133NO18. The highest BCUT2D eigenvalue weighted by Gasteiger charge is 2.53. The molecule has 574 valence electrons. The Labute approximate surface area is 605 Å². The van der Waals surface area contributed by atoms with E-state index in [1.807, 2.05) is 6.08 Å². The molecule has 1 amide bonds. The van der Waals surface area contributed by atoms with E-state index in [1.165, 1.54) is 77.0 Å². The van der Waals surface area contributed by atoms with E-state index in [1.54, 1.807) is 6.08 Å². The highest BCUT2D eigenvalue weighted by molar-refractivity contribution is 5.76. The zero-order chi connectivity index (χ0) is 73.2. The van der Waals surface area contributed by atoms with Crippen LogP contribution < -0.4 is 5.32 Å². The largest absolute Gasteiger partial charge is 0.394 e. The minimum Gasteiger partial charge on any atom is -0.394 e. The molecule has 3 aliphatic heterocycles. The van der Waals surface area contributed by atoms with Gasteiger partial charge in [-0.3, -0.25) is 4.79 Å². The van der Waals surface area contributed by atoms with E-state index in [0.29, 0.717) is 6.42 Å². The summed E-state index contributed by atoms with van der Waals surface area (Å²) in [5.41, 5.74) is 0. The number of unbranched alkanes of at least 4 members (excludes halogenated alkanes) is 17. The molecule has 12 N–H and O–H groups in total. The van der Waals surface area contributed by atoms with Crippen molar-refractivity contribution in [3.05, 3.63) is 158 Å². The Bertz CT molecular complexity index is 2440. The van der Waals surface area contributed by atoms with Gasteiger partial charge < -0.3 is 89.9 Å². The van der Waals surface area contributed by atoms with Gasteiger partial charge in [-0.2, -0.15) is 0 Å². The smallest absolute Gasteiger partial charge is 0.220 e. The maximum atomic E-state index is 13.4. The Hall–Kier alpha value is -4.59. The highest BCUT2D eigenvalue weighted by atomic mass is 16.8. The predicted octanol–water partition coefficient (Wildman–Crippen LogP) is 12.1. The molecule has 17 unspecified atom stereocenters. The van der Waals surface area contributed by atoms with Gasteiger partial charge in [0.25, 0.3) is 0 Å². The lowest BCUT2D eigenvalue weighted by atomic mass is 9.96. The molecule has 0 spiro atoms. The van der Waals surface area contributed by atoms with Gasteiger partial charge in [0, 0.05) is 6.42 Å². The van der Waals surface area contributed by atoms with Crippen molar-refractivity contribution in [2.24, 2.45) is 0 Å². The van der Waals surface area contributed by atoms with E-state index in [-0.39, 0.29) is 18.9 Å². The number of amides is 1. The number of carbonyl (C=O) groups is 1. The Morgan fingerprint density at radius 1 is 0.366 bits per heavy atom. The standard InChI is InChI=1S/C82H133NO18/c1-3-5-7-9-11-13-15-17-19-21-22-23-24-25-26-27-28-29-30-31-32-33-34-35-36-37-38-39-40-41-42-44-46-48-50-52-54-56-58-60-70(88)83-65(66(87)59-57-55-53-51-49-47-45-43-20-18-16-14-12-10-8-6-4-2)64-96-80-76(94)73(91)78(68(62-85)98-80)101-82-77(95)74(92)79(69(63-86)99-82)100-81-75(93)72(90)71(89)67(61-84)97-81/h5,7,11,13,17,19,22-23,25-26,28-29,31-32,34-35,37-38,40-41,44,46,50,52,57,59,65-69,71-82,84-87,89-95H,3-4,6,8-10,12,14-16,18,20-21,24,27,30,33,36,39,42-43,45,47-49,51,53-56,58,60-64H2,1-2H3,(H,83,88)/b7-5-,13-11-,19-17-,23-22-,26-25-,29-28-,32-31-,35-34-,38-37-,41-40-,46-44-,52-50-,59-57+. The van der Waals surface area contributed by atoms with Crippen LogP contribution in [0.1, 0.15) is 219 Å². The van der Waals surface area contributed by atoms with Gasteiger partial charge in [0.15, 0.2) is 18.9 Å². The van der Waals surface area contributed by atoms with E-state index in [0.717, 1.165) is 116 Å². The average Bonchev–Trinajstić information content (AvgIpc) is 0.792. The average molecular weight is 1420 g/mol. The molecule has 0 bridgehead atoms. The second-order valence-electron chi connectivity index (χ2n) is 26.4. The number of hydrogen-bond acceptors (Lipinski definition) is 18. The van der Waals surface area contributed by atoms with Crippen molar-refractivity contribution >= 4 is 5.91 Å². The van der Waals surface area contributed by atoms with Crippen molar-refractivity contribution in [1.29, 1.82) is 0 Å². The van der Waals surface area contributed by atoms with Gasteiger partial charge in [-0.15, -0.1) is 0 Å². The topological polar surface area (TPSA) is 307 Å². The van der Waals surface area contributed by atoms with Crippen molar-refractivity contribution < 1.29 is 89.4 Å². The van der Waals surface area contributed by atoms with Crippen molar-refractivity contribution in [3.63, 3.8) is 0 Å². The summed E-state index contributed by atoms with van der Waals surface area (Å²) in [6.07, 6.45) is 62.2. The quantitative estimate of drug-likeness (QED) is 0.0199. The van der Waals surface area contributed by atoms with Gasteiger partial charge in [-0.05, 0) is 109 Å². The normalized spacial score (nSPS) is 27.2. The fraction of sp³-hybridized carbons (Fsp3) is 0.671. The molecule has 0 aromatic carbocycles. The summed E-state index contributed by atoms with van der Waals surface area (Å²) in [5, 5.41) is 121. The molecule has 3 heterocycles. The van der Waals surface area contributed by atoms with Gasteiger partial charge in [0.2, 0.25) is 5.91 Å². The summed E-state index contributed by atoms with van der Waals surface area (Å²) < 4.78 is 34.3. The lowest BCUT2D eigenvalue weighted by Crippen LogP contribution is -2.66. The zero-order valence-corrected chi connectivity index (χ0v) is 61.1. The van der Waals surface area contributed by atoms with Gasteiger partial charge in [0.05, 0.1) is 38.6 Å². The lowest BCUT2D eigenvalue weighted by molar-refractivity contribution is -0.379. The van der Waals surface area contributed by atoms with Crippen LogP contribution in [0.3, 0.4) is 0 Å². The molecule has 0 aromatic rings. The molecule has 101 heavy (non-hydrogen) atoms. The second-order valence-corrected chi connectivity index (χ2v) is 26.4. The number of nitrogens with one attached hydrogen (secondary N) is 1. The van der Waals surface area contributed by atoms with Crippen LogP contribution in [0, 0.1) is 0 Å². The molecule has 19 heteroatoms. The minimum absolute atomic E-state index is 0.177. The number of hydrogen-bond donors (Lipinski definition) is 12. The van der Waals surface area contributed by atoms with Gasteiger partial charge >= 0.3 is 0 Å². The van der Waals surface area contributed by atoms with Crippen LogP contribution in [0.15, 0.2) is 158 Å². The first kappa shape index (κ1) is 90.6. The van der Waals surface area contributed by atoms with Crippen LogP contribution in [-0.2, 0) is 33.2 Å². The van der Waals surface area contributed by atoms with E-state index in [4.69, 9.17) is 28.4 Å². The first-order valence-corrected chi connectivity index (χ1v) is 38.2. The van der Waals surface area contributed by atoms with Crippen molar-refractivity contribution in [1.82, 2.24) is 5.32 Å². The Kier molecular flexibility index (Phi) is 54.4. The van der Waals surface area contributed by atoms with Crippen molar-refractivity contribution in [2.75, 3.05) is 26.4 Å². The maximum absolute atomic E-state index is 13.4. The minimum atomic E-state index is -1.99. The molecule has 0 aliphatic carbocycles. The molecule has 17 atom stereocenters. The fourth-order valence-electron chi connectivity index (χ4n) is 11.7. The third kappa shape index (κ3) is 41.0. The van der Waals surface area contributed by atoms with E-state index in [2.05, 4.69) is 165 Å². The number of allylic oxidation sites excluding steroid dienone is 25. The molecule has 3 fully saturated rings. The van der Waals surface area contributed by atoms with Crippen LogP contribution in [0.2, 0.25) is 0 Å². The fourth-order valence-corrected chi connectivity index (χ4v) is 11.7. The number of rotatable bonds is 57. The van der Waals surface area contributed by atoms with E-state index < -0.39 is 124 Å². The summed E-state index contributed by atoms with van der Waals surface area (Å²) >= 11 is 0. The number of carbonyl (C=O) groups excluding carboxylic acids is 1. The van der Waals surface area contributed by atoms with Crippen LogP contribution in [0.4, 0.5) is 0 Å². The number of aliphatic hydroxyl groups excluding tert-OH is 11. The third-order valence-electron chi connectivity index (χ3n) is 17.8. The molecule has 19 nitrogen and oxygen atoms in total. The summed E-state index contributed by atoms with van der Waals surface area (Å²) in [6, 6.07) is -1.01. The molecule has 3 rings (SSSR count). The van der Waals surface area contributed by atoms with Gasteiger partial charge in [-0.25, -0.2) is 0 Å². The van der Waals surface area contributed by atoms with Crippen LogP contribution >= 0.6 is 0 Å². The van der Waals surface area contributed by atoms with Crippen molar-refractivity contribution in [3.8, 4) is 0 Å². The summed E-state index contributed by atoms with van der Waals surface area (Å²) in [4.78, 5) is 13.4. The van der Waals surface area contributed by atoms with Crippen LogP contribution in [0.5, 0.6) is 0 Å². The summed E-state index contributed by atoms with van der Waals surface area (Å²) in [6.45, 7) is 1.57. The second kappa shape index (κ2) is 60.7. The molecule has 3 saturated heterocycles. The first-order chi connectivity index (χ1) is 49.3. The SMILES string of the molecule is CC/C=C\C/C=C\C/C=C\C/C=C\C/C=C\C/C=C\C/C=C\C/C=C\C/C=C\C/C=C\C/C=C\C/C=C\CCCCC(=O)NC(COC1OC(CO)C(OC2OC(CO)C(OC3OC(CO)C(O)C(O)C3O)C(O)C2O)C(O)C1O)C(O)/C=C/CCCCCCCCCCCCCCCCC. The predicted molar refractivity (Wildman–Crippen MR) is 401 cm³/mol. The third-order valence-corrected chi connectivity index (χ3v) is 17.8.